The van der Waals surface area contributed by atoms with E-state index in [-0.39, 0.29) is 30.2 Å². The number of rotatable bonds is 8. The number of nitrogens with zero attached hydrogens (tertiary/aromatic N) is 1. The monoisotopic (exact) mass is 531 g/mol. The number of carbonyl (C=O) groups excluding carboxylic acids is 2. The number of nitrogens with two attached hydrogens (primary N) is 1. The Hall–Kier alpha value is -3.32. The van der Waals surface area contributed by atoms with E-state index in [1.165, 1.54) is 19.1 Å². The molecule has 4 N–H and O–H groups in total. The normalized spacial score (nSPS) is 24.5. The molecule has 202 valence electrons. The van der Waals surface area contributed by atoms with Crippen molar-refractivity contribution in [3.63, 3.8) is 0 Å². The van der Waals surface area contributed by atoms with Crippen LogP contribution in [0.5, 0.6) is 5.75 Å². The van der Waals surface area contributed by atoms with Gasteiger partial charge < -0.3 is 25.6 Å². The van der Waals surface area contributed by atoms with Crippen molar-refractivity contribution in [3.8, 4) is 5.75 Å². The number of primary amides is 1. The fraction of sp³-hybridized carbons (Fsp3) is 0.458. The van der Waals surface area contributed by atoms with Crippen molar-refractivity contribution in [2.45, 2.75) is 44.6 Å². The largest absolute Gasteiger partial charge is 0.490 e. The lowest BCUT2D eigenvalue weighted by molar-refractivity contribution is -0.272. The first-order valence-corrected chi connectivity index (χ1v) is 11.2. The van der Waals surface area contributed by atoms with Gasteiger partial charge in [0, 0.05) is 29.9 Å². The molecule has 2 amide bonds. The number of ether oxygens (including phenoxy) is 2. The number of halogens is 5. The molecule has 0 bridgehead atoms. The summed E-state index contributed by atoms with van der Waals surface area (Å²) in [6, 6.07) is 4.25. The highest BCUT2D eigenvalue weighted by Gasteiger charge is 2.66. The highest BCUT2D eigenvalue weighted by molar-refractivity contribution is 5.96. The number of hydrogen-bond acceptors (Lipinski definition) is 6. The van der Waals surface area contributed by atoms with E-state index in [1.54, 1.807) is 6.92 Å². The Morgan fingerprint density at radius 1 is 1.27 bits per heavy atom. The summed E-state index contributed by atoms with van der Waals surface area (Å²) in [6.07, 6.45) is -5.65. The molecule has 2 aromatic rings. The SMILES string of the molecule is C[C@H](CO)COc1c([C@H]2[C@H](C(=O)Nc3ccc(C(N)=O)nc3)O[C@@](C)(C(F)(F)F)[C@H]2C)ccc(F)c1F. The average Bonchev–Trinajstić information content (AvgIpc) is 3.12. The van der Waals surface area contributed by atoms with Gasteiger partial charge in [-0.15, -0.1) is 0 Å². The van der Waals surface area contributed by atoms with E-state index in [2.05, 4.69) is 10.3 Å². The van der Waals surface area contributed by atoms with Gasteiger partial charge in [-0.25, -0.2) is 9.37 Å². The number of benzene rings is 1. The second-order valence-electron chi connectivity index (χ2n) is 9.12. The number of carbonyl (C=O) groups is 2. The van der Waals surface area contributed by atoms with Gasteiger partial charge in [0.25, 0.3) is 11.8 Å². The Kier molecular flexibility index (Phi) is 8.08. The molecular weight excluding hydrogens is 505 g/mol. The van der Waals surface area contributed by atoms with E-state index in [0.717, 1.165) is 25.3 Å². The van der Waals surface area contributed by atoms with E-state index in [4.69, 9.17) is 15.2 Å². The third-order valence-corrected chi connectivity index (χ3v) is 6.47. The topological polar surface area (TPSA) is 124 Å². The molecule has 0 spiro atoms. The first kappa shape index (κ1) is 28.3. The van der Waals surface area contributed by atoms with Gasteiger partial charge in [-0.2, -0.15) is 17.6 Å². The molecule has 1 aromatic carbocycles. The Labute approximate surface area is 209 Å². The fourth-order valence-corrected chi connectivity index (χ4v) is 4.08. The Morgan fingerprint density at radius 2 is 1.95 bits per heavy atom. The van der Waals surface area contributed by atoms with Crippen LogP contribution in [0.3, 0.4) is 0 Å². The van der Waals surface area contributed by atoms with Gasteiger partial charge in [0.15, 0.2) is 17.2 Å². The predicted octanol–water partition coefficient (Wildman–Crippen LogP) is 3.54. The molecule has 0 saturated carbocycles. The van der Waals surface area contributed by atoms with Crippen LogP contribution in [0.2, 0.25) is 0 Å². The van der Waals surface area contributed by atoms with Crippen LogP contribution in [-0.2, 0) is 9.53 Å². The Morgan fingerprint density at radius 3 is 2.49 bits per heavy atom. The highest BCUT2D eigenvalue weighted by Crippen LogP contribution is 2.55. The second-order valence-corrected chi connectivity index (χ2v) is 9.12. The predicted molar refractivity (Wildman–Crippen MR) is 121 cm³/mol. The number of aromatic nitrogens is 1. The van der Waals surface area contributed by atoms with Gasteiger partial charge in [0.2, 0.25) is 5.82 Å². The quantitative estimate of drug-likeness (QED) is 0.448. The lowest BCUT2D eigenvalue weighted by Crippen LogP contribution is -2.47. The van der Waals surface area contributed by atoms with Crippen molar-refractivity contribution < 1.29 is 46.1 Å². The molecule has 0 radical (unpaired) electrons. The van der Waals surface area contributed by atoms with Crippen LogP contribution in [0.15, 0.2) is 30.5 Å². The fourth-order valence-electron chi connectivity index (χ4n) is 4.08. The van der Waals surface area contributed by atoms with Gasteiger partial charge in [0.1, 0.15) is 11.8 Å². The summed E-state index contributed by atoms with van der Waals surface area (Å²) in [5.74, 6) is -8.62. The van der Waals surface area contributed by atoms with E-state index in [9.17, 15) is 36.6 Å². The third kappa shape index (κ3) is 5.52. The maximum absolute atomic E-state index is 14.8. The Bertz CT molecular complexity index is 1160. The van der Waals surface area contributed by atoms with E-state index >= 15 is 0 Å². The lowest BCUT2D eigenvalue weighted by atomic mass is 9.77. The lowest BCUT2D eigenvalue weighted by Gasteiger charge is -2.32. The third-order valence-electron chi connectivity index (χ3n) is 6.47. The first-order valence-electron chi connectivity index (χ1n) is 11.2. The minimum atomic E-state index is -4.92. The number of alkyl halides is 3. The van der Waals surface area contributed by atoms with Gasteiger partial charge >= 0.3 is 6.18 Å². The molecule has 5 atom stereocenters. The second kappa shape index (κ2) is 10.6. The summed E-state index contributed by atoms with van der Waals surface area (Å²) in [5.41, 5.74) is 2.02. The van der Waals surface area contributed by atoms with Crippen LogP contribution in [0.25, 0.3) is 0 Å². The number of aliphatic hydroxyl groups excluding tert-OH is 1. The molecule has 1 saturated heterocycles. The summed E-state index contributed by atoms with van der Waals surface area (Å²) >= 11 is 0. The van der Waals surface area contributed by atoms with Crippen LogP contribution in [0.1, 0.15) is 42.7 Å². The number of aliphatic hydroxyl groups is 1. The minimum absolute atomic E-state index is 0.0316. The zero-order valence-electron chi connectivity index (χ0n) is 20.1. The molecule has 0 aliphatic carbocycles. The summed E-state index contributed by atoms with van der Waals surface area (Å²) in [4.78, 5) is 28.2. The maximum Gasteiger partial charge on any atom is 0.417 e. The summed E-state index contributed by atoms with van der Waals surface area (Å²) in [6.45, 7) is 2.92. The molecule has 13 heteroatoms. The van der Waals surface area contributed by atoms with E-state index in [0.29, 0.717) is 0 Å². The van der Waals surface area contributed by atoms with Crippen LogP contribution >= 0.6 is 0 Å². The van der Waals surface area contributed by atoms with Crippen molar-refractivity contribution in [2.24, 2.45) is 17.6 Å². The minimum Gasteiger partial charge on any atom is -0.490 e. The molecule has 0 unspecified atom stereocenters. The van der Waals surface area contributed by atoms with E-state index in [1.807, 2.05) is 0 Å². The standard InChI is InChI=1S/C24H26F5N3O5/c1-11(9-33)10-36-19-14(5-6-15(25)18(19)26)17-12(2)23(3,24(27,28)29)37-20(17)22(35)32-13-4-7-16(21(30)34)31-8-13/h4-8,11-12,17,20,33H,9-10H2,1-3H3,(H2,30,34)(H,32,35)/t11-,12+,17+,20-,23-/m1/s1. The van der Waals surface area contributed by atoms with Gasteiger partial charge in [-0.05, 0) is 25.1 Å². The molecule has 37 heavy (non-hydrogen) atoms. The molecule has 1 aliphatic heterocycles. The molecule has 8 nitrogen and oxygen atoms in total. The van der Waals surface area contributed by atoms with Gasteiger partial charge in [-0.1, -0.05) is 19.9 Å². The molecule has 1 aliphatic rings. The number of hydrogen-bond donors (Lipinski definition) is 3. The van der Waals surface area contributed by atoms with Crippen LogP contribution in [0, 0.1) is 23.5 Å². The smallest absolute Gasteiger partial charge is 0.417 e. The highest BCUT2D eigenvalue weighted by atomic mass is 19.4. The molecular formula is C24H26F5N3O5. The van der Waals surface area contributed by atoms with Crippen molar-refractivity contribution in [3.05, 3.63) is 53.4 Å². The number of anilines is 1. The van der Waals surface area contributed by atoms with Crippen LogP contribution < -0.4 is 15.8 Å². The van der Waals surface area contributed by atoms with Crippen molar-refractivity contribution in [2.75, 3.05) is 18.5 Å². The summed E-state index contributed by atoms with van der Waals surface area (Å²) in [5, 5.41) is 11.6. The summed E-state index contributed by atoms with van der Waals surface area (Å²) < 4.78 is 82.0. The number of amides is 2. The van der Waals surface area contributed by atoms with Gasteiger partial charge in [0.05, 0.1) is 18.5 Å². The van der Waals surface area contributed by atoms with E-state index < -0.39 is 64.8 Å². The first-order chi connectivity index (χ1) is 17.2. The van der Waals surface area contributed by atoms with Crippen LogP contribution in [-0.4, -0.2) is 53.0 Å². The number of nitrogens with one attached hydrogen (secondary N) is 1. The molecule has 3 rings (SSSR count). The van der Waals surface area contributed by atoms with Crippen molar-refractivity contribution in [1.29, 1.82) is 0 Å². The van der Waals surface area contributed by atoms with Gasteiger partial charge in [-0.3, -0.25) is 9.59 Å². The number of pyridine rings is 1. The molecule has 1 aromatic heterocycles. The maximum atomic E-state index is 14.8. The molecule has 2 heterocycles. The Balaban J connectivity index is 2.05. The van der Waals surface area contributed by atoms with Crippen molar-refractivity contribution in [1.82, 2.24) is 4.98 Å². The summed E-state index contributed by atoms with van der Waals surface area (Å²) in [7, 11) is 0. The zero-order valence-corrected chi connectivity index (χ0v) is 20.1. The zero-order chi connectivity index (χ0) is 27.7. The van der Waals surface area contributed by atoms with Crippen LogP contribution in [0.4, 0.5) is 27.6 Å². The molecule has 1 fully saturated rings. The van der Waals surface area contributed by atoms with Crippen molar-refractivity contribution >= 4 is 17.5 Å². The average molecular weight is 531 g/mol.